The summed E-state index contributed by atoms with van der Waals surface area (Å²) in [5.74, 6) is 0.648. The zero-order valence-corrected chi connectivity index (χ0v) is 38.2. The molecule has 0 saturated carbocycles. The molecule has 61 heavy (non-hydrogen) atoms. The highest BCUT2D eigenvalue weighted by Gasteiger charge is 2.46. The number of carbonyl (C=O) groups is 1. The van der Waals surface area contributed by atoms with E-state index in [0.717, 1.165) is 67.7 Å². The molecular weight excluding hydrogens is 779 g/mol. The van der Waals surface area contributed by atoms with Crippen molar-refractivity contribution < 1.29 is 28.7 Å². The number of ether oxygens (including phenoxy) is 1. The number of fused-ring (bicyclic) bond motifs is 6. The molecule has 9 heteroatoms. The predicted molar refractivity (Wildman–Crippen MR) is 250 cm³/mol. The molecule has 0 aromatic heterocycles. The maximum atomic E-state index is 13.9. The molecule has 0 spiro atoms. The Hall–Kier alpha value is -4.93. The fourth-order valence-corrected chi connectivity index (χ4v) is 9.91. The van der Waals surface area contributed by atoms with Crippen molar-refractivity contribution in [1.82, 2.24) is 4.90 Å². The van der Waals surface area contributed by atoms with Crippen LogP contribution in [0.5, 0.6) is 0 Å². The number of carbonyl (C=O) groups excluding carboxylic acids is 1. The van der Waals surface area contributed by atoms with E-state index in [1.54, 1.807) is 4.90 Å². The average molecular weight is 840 g/mol. The van der Waals surface area contributed by atoms with Gasteiger partial charge in [0.1, 0.15) is 12.1 Å². The number of rotatable bonds is 15. The Balaban J connectivity index is 1.32. The molecule has 1 aliphatic carbocycles. The number of hydrogen-bond acceptors (Lipinski definition) is 7. The van der Waals surface area contributed by atoms with Crippen LogP contribution in [-0.2, 0) is 24.9 Å². The largest absolute Gasteiger partial charge is 0.691 e. The van der Waals surface area contributed by atoms with Crippen LogP contribution in [0, 0.1) is 0 Å². The SMILES string of the molecule is CCCCCN1/C(=C/C=C2\C=CC(/C=C/C3=[N+](CCCCSOO[O-])c4ccc5ccccc5c4C3(C)C)=C2N(C)C(=O)OC(C)(C)C)C(C)(C)c2c1ccc1ccccc21. The van der Waals surface area contributed by atoms with Gasteiger partial charge >= 0.3 is 6.09 Å². The molecule has 0 saturated heterocycles. The van der Waals surface area contributed by atoms with Gasteiger partial charge in [0.15, 0.2) is 5.71 Å². The smallest absolute Gasteiger partial charge is 0.414 e. The van der Waals surface area contributed by atoms with Crippen molar-refractivity contribution in [2.45, 2.75) is 104 Å². The molecule has 320 valence electrons. The Morgan fingerprint density at radius 1 is 0.836 bits per heavy atom. The quantitative estimate of drug-likeness (QED) is 0.0388. The summed E-state index contributed by atoms with van der Waals surface area (Å²) in [6, 6.07) is 26.3. The number of amides is 1. The van der Waals surface area contributed by atoms with Gasteiger partial charge in [-0.1, -0.05) is 106 Å². The van der Waals surface area contributed by atoms with E-state index in [0.29, 0.717) is 5.75 Å². The molecule has 0 N–H and O–H groups in total. The van der Waals surface area contributed by atoms with E-state index in [9.17, 15) is 10.1 Å². The molecule has 0 fully saturated rings. The minimum absolute atomic E-state index is 0.256. The maximum Gasteiger partial charge on any atom is 0.414 e. The Kier molecular flexibility index (Phi) is 13.2. The third-order valence-electron chi connectivity index (χ3n) is 12.3. The topological polar surface area (TPSA) is 77.3 Å². The van der Waals surface area contributed by atoms with Crippen LogP contribution in [0.2, 0.25) is 0 Å². The first-order valence-electron chi connectivity index (χ1n) is 21.7. The van der Waals surface area contributed by atoms with Crippen LogP contribution in [0.1, 0.15) is 98.6 Å². The first-order valence-corrected chi connectivity index (χ1v) is 22.6. The molecule has 3 aliphatic rings. The normalized spacial score (nSPS) is 18.2. The van der Waals surface area contributed by atoms with Crippen LogP contribution in [0.3, 0.4) is 0 Å². The van der Waals surface area contributed by atoms with Gasteiger partial charge in [-0.05, 0) is 110 Å². The van der Waals surface area contributed by atoms with Crippen LogP contribution < -0.4 is 10.2 Å². The summed E-state index contributed by atoms with van der Waals surface area (Å²) in [7, 11) is 1.81. The highest BCUT2D eigenvalue weighted by atomic mass is 32.2. The lowest BCUT2D eigenvalue weighted by atomic mass is 9.79. The fraction of sp³-hybridized carbons (Fsp3) is 0.385. The van der Waals surface area contributed by atoms with Gasteiger partial charge < -0.3 is 14.9 Å². The Morgan fingerprint density at radius 3 is 2.21 bits per heavy atom. The number of unbranched alkanes of at least 4 members (excludes halogenated alkanes) is 3. The first kappa shape index (κ1) is 44.1. The minimum atomic E-state index is -0.660. The van der Waals surface area contributed by atoms with Crippen LogP contribution in [-0.4, -0.2) is 52.8 Å². The third-order valence-corrected chi connectivity index (χ3v) is 12.9. The lowest BCUT2D eigenvalue weighted by Crippen LogP contribution is -2.34. The molecule has 4 aromatic rings. The van der Waals surface area contributed by atoms with Gasteiger partial charge in [-0.25, -0.2) is 4.79 Å². The number of likely N-dealkylation sites (N-methyl/N-ethyl adjacent to an activating group) is 1. The van der Waals surface area contributed by atoms with Gasteiger partial charge in [-0.15, -0.1) is 0 Å². The molecule has 2 aliphatic heterocycles. The van der Waals surface area contributed by atoms with E-state index in [1.807, 2.05) is 27.8 Å². The highest BCUT2D eigenvalue weighted by Crippen LogP contribution is 2.51. The number of anilines is 1. The van der Waals surface area contributed by atoms with Gasteiger partial charge in [0.2, 0.25) is 5.69 Å². The van der Waals surface area contributed by atoms with E-state index in [-0.39, 0.29) is 10.8 Å². The van der Waals surface area contributed by atoms with Gasteiger partial charge in [-0.2, -0.15) is 8.91 Å². The summed E-state index contributed by atoms with van der Waals surface area (Å²) >= 11 is 1.03. The second-order valence-electron chi connectivity index (χ2n) is 18.4. The molecule has 0 atom stereocenters. The Morgan fingerprint density at radius 2 is 1.52 bits per heavy atom. The van der Waals surface area contributed by atoms with Crippen molar-refractivity contribution in [2.75, 3.05) is 30.8 Å². The summed E-state index contributed by atoms with van der Waals surface area (Å²) in [6.45, 7) is 18.9. The maximum absolute atomic E-state index is 13.9. The van der Waals surface area contributed by atoms with Crippen molar-refractivity contribution in [2.24, 2.45) is 0 Å². The van der Waals surface area contributed by atoms with Crippen LogP contribution >= 0.6 is 12.0 Å². The number of benzene rings is 4. The molecule has 8 nitrogen and oxygen atoms in total. The van der Waals surface area contributed by atoms with Crippen LogP contribution in [0.4, 0.5) is 16.2 Å². The van der Waals surface area contributed by atoms with Crippen molar-refractivity contribution >= 4 is 56.8 Å². The van der Waals surface area contributed by atoms with Crippen LogP contribution in [0.15, 0.2) is 132 Å². The monoisotopic (exact) mass is 839 g/mol. The van der Waals surface area contributed by atoms with Crippen molar-refractivity contribution in [3.05, 3.63) is 143 Å². The van der Waals surface area contributed by atoms with Crippen molar-refractivity contribution in [1.29, 1.82) is 0 Å². The molecular formula is C52H61N3O5S. The van der Waals surface area contributed by atoms with Gasteiger partial charge in [0.25, 0.3) is 0 Å². The van der Waals surface area contributed by atoms with E-state index < -0.39 is 11.7 Å². The van der Waals surface area contributed by atoms with Crippen molar-refractivity contribution in [3.8, 4) is 0 Å². The van der Waals surface area contributed by atoms with E-state index in [2.05, 4.69) is 163 Å². The fourth-order valence-electron chi connectivity index (χ4n) is 9.48. The van der Waals surface area contributed by atoms with E-state index in [4.69, 9.17) is 4.74 Å². The van der Waals surface area contributed by atoms with E-state index >= 15 is 0 Å². The summed E-state index contributed by atoms with van der Waals surface area (Å²) < 4.78 is 12.9. The second kappa shape index (κ2) is 18.2. The number of hydrogen-bond donors (Lipinski definition) is 0. The summed E-state index contributed by atoms with van der Waals surface area (Å²) in [5.41, 5.74) is 8.96. The first-order chi connectivity index (χ1) is 29.2. The lowest BCUT2D eigenvalue weighted by Gasteiger charge is -2.28. The standard InChI is InChI=1S/C52H61N3O5S/c1-10-11-16-33-54-42-29-25-36-19-12-14-21-40(36)46(42)51(5,6)44(54)31-27-38-23-24-39(48(38)53(9)49(56)58-50(2,3)4)28-32-45-52(7,8)47-41-22-15-13-20-37(41)26-30-43(47)55(45)34-17-18-35-61-60-59-57/h12-15,19-32H,10-11,16-18,33-35H2,1-9H3. The second-order valence-corrected chi connectivity index (χ2v) is 19.1. The number of allylic oxidation sites excluding steroid dienone is 8. The molecule has 0 radical (unpaired) electrons. The lowest BCUT2D eigenvalue weighted by molar-refractivity contribution is -0.777. The molecule has 2 heterocycles. The number of nitrogens with zero attached hydrogens (tertiary/aromatic N) is 3. The summed E-state index contributed by atoms with van der Waals surface area (Å²) in [6.07, 6.45) is 17.8. The van der Waals surface area contributed by atoms with E-state index in [1.165, 1.54) is 61.9 Å². The van der Waals surface area contributed by atoms with Gasteiger partial charge in [0, 0.05) is 72.3 Å². The molecule has 0 unspecified atom stereocenters. The molecule has 1 amide bonds. The highest BCUT2D eigenvalue weighted by molar-refractivity contribution is 7.94. The molecule has 0 bridgehead atoms. The molecule has 4 aromatic carbocycles. The van der Waals surface area contributed by atoms with Gasteiger partial charge in [-0.3, -0.25) is 9.94 Å². The Labute approximate surface area is 366 Å². The average Bonchev–Trinajstić information content (AvgIpc) is 3.80. The summed E-state index contributed by atoms with van der Waals surface area (Å²) in [5, 5.41) is 18.9. The minimum Gasteiger partial charge on any atom is -0.691 e. The predicted octanol–water partition coefficient (Wildman–Crippen LogP) is 12.1. The van der Waals surface area contributed by atoms with Crippen molar-refractivity contribution in [3.63, 3.8) is 0 Å². The zero-order valence-electron chi connectivity index (χ0n) is 37.3. The molecule has 7 rings (SSSR count). The zero-order chi connectivity index (χ0) is 43.5. The summed E-state index contributed by atoms with van der Waals surface area (Å²) in [4.78, 5) is 18.1. The van der Waals surface area contributed by atoms with Gasteiger partial charge in [0.05, 0.1) is 11.1 Å². The Bertz CT molecular complexity index is 2500. The third kappa shape index (κ3) is 8.89. The van der Waals surface area contributed by atoms with Crippen LogP contribution in [0.25, 0.3) is 21.5 Å².